The van der Waals surface area contributed by atoms with E-state index in [1.54, 1.807) is 32.2 Å². The minimum Gasteiger partial charge on any atom is -0.477 e. The van der Waals surface area contributed by atoms with Crippen LogP contribution in [0.5, 0.6) is 0 Å². The lowest BCUT2D eigenvalue weighted by Crippen LogP contribution is -2.25. The number of nitrogens with zero attached hydrogens (tertiary/aromatic N) is 1. The zero-order valence-corrected chi connectivity index (χ0v) is 19.0. The van der Waals surface area contributed by atoms with Gasteiger partial charge in [-0.3, -0.25) is 9.24 Å². The fourth-order valence-corrected chi connectivity index (χ4v) is 6.39. The van der Waals surface area contributed by atoms with E-state index in [2.05, 4.69) is 0 Å². The van der Waals surface area contributed by atoms with Gasteiger partial charge in [0.15, 0.2) is 0 Å². The zero-order chi connectivity index (χ0) is 20.6. The van der Waals surface area contributed by atoms with Gasteiger partial charge in [-0.2, -0.15) is 0 Å². The van der Waals surface area contributed by atoms with Crippen molar-refractivity contribution in [3.63, 3.8) is 0 Å². The summed E-state index contributed by atoms with van der Waals surface area (Å²) in [5.41, 5.74) is 0.0850. The summed E-state index contributed by atoms with van der Waals surface area (Å²) in [6.45, 7) is 7.86. The molecule has 0 aliphatic rings. The van der Waals surface area contributed by atoms with Gasteiger partial charge in [-0.15, -0.1) is 11.3 Å². The van der Waals surface area contributed by atoms with E-state index in [1.807, 2.05) is 20.8 Å². The molecule has 0 spiro atoms. The Hall–Kier alpha value is -1.04. The number of thiophene rings is 1. The normalized spacial score (nSPS) is 14.0. The molecular weight excluding hydrogens is 428 g/mol. The Morgan fingerprint density at radius 3 is 2.41 bits per heavy atom. The molecule has 0 amide bonds. The number of halogens is 2. The minimum atomic E-state index is -3.66. The van der Waals surface area contributed by atoms with Gasteiger partial charge in [-0.25, -0.2) is 4.79 Å². The second-order valence-electron chi connectivity index (χ2n) is 6.94. The molecule has 5 nitrogen and oxygen atoms in total. The first-order chi connectivity index (χ1) is 12.4. The molecule has 0 radical (unpaired) electrons. The minimum absolute atomic E-state index is 0.104. The summed E-state index contributed by atoms with van der Waals surface area (Å²) in [7, 11) is -2.10. The van der Waals surface area contributed by atoms with E-state index in [9.17, 15) is 14.5 Å². The third-order valence-corrected chi connectivity index (χ3v) is 8.74. The number of hydrogen-bond acceptors (Lipinski definition) is 4. The van der Waals surface area contributed by atoms with Crippen LogP contribution in [0.3, 0.4) is 0 Å². The quantitative estimate of drug-likeness (QED) is 0.544. The second kappa shape index (κ2) is 8.14. The molecule has 0 aliphatic heterocycles. The van der Waals surface area contributed by atoms with Gasteiger partial charge in [0, 0.05) is 16.9 Å². The monoisotopic (exact) mass is 449 g/mol. The molecule has 1 aromatic heterocycles. The van der Waals surface area contributed by atoms with Crippen LogP contribution >= 0.6 is 42.1 Å². The van der Waals surface area contributed by atoms with Gasteiger partial charge in [0.25, 0.3) is 0 Å². The van der Waals surface area contributed by atoms with E-state index in [0.717, 1.165) is 4.88 Å². The van der Waals surface area contributed by atoms with E-state index >= 15 is 0 Å². The predicted molar refractivity (Wildman–Crippen MR) is 114 cm³/mol. The van der Waals surface area contributed by atoms with Crippen LogP contribution in [0.2, 0.25) is 10.0 Å². The molecule has 1 N–H and O–H groups in total. The average Bonchev–Trinajstić information content (AvgIpc) is 2.99. The molecule has 1 atom stereocenters. The fraction of sp³-hybridized carbons (Fsp3) is 0.389. The highest BCUT2D eigenvalue weighted by molar-refractivity contribution is 7.68. The van der Waals surface area contributed by atoms with Crippen LogP contribution in [0.1, 0.15) is 42.2 Å². The summed E-state index contributed by atoms with van der Waals surface area (Å²) in [6.07, 6.45) is 0. The molecule has 0 aliphatic carbocycles. The summed E-state index contributed by atoms with van der Waals surface area (Å²) in [6, 6.07) is 6.37. The van der Waals surface area contributed by atoms with Crippen LogP contribution in [-0.2, 0) is 14.5 Å². The number of hydrogen-bond donors (Lipinski definition) is 1. The number of carboxylic acid groups (broad SMARTS) is 1. The predicted octanol–water partition coefficient (Wildman–Crippen LogP) is 6.04. The Labute approximate surface area is 173 Å². The maximum atomic E-state index is 13.9. The van der Waals surface area contributed by atoms with Gasteiger partial charge in [0.1, 0.15) is 4.88 Å². The standard InChI is InChI=1S/C18H22Cl2NO4PS/c1-6-25-26(24,14-8-7-11(19)9-12(14)20)21(5)13-10-15(18(2,3)4)27-16(13)17(22)23/h7-10H,6H2,1-5H3,(H,22,23). The van der Waals surface area contributed by atoms with Crippen LogP contribution < -0.4 is 9.97 Å². The van der Waals surface area contributed by atoms with Crippen LogP contribution in [0.15, 0.2) is 24.3 Å². The fourth-order valence-electron chi connectivity index (χ4n) is 2.49. The topological polar surface area (TPSA) is 66.8 Å². The molecule has 27 heavy (non-hydrogen) atoms. The lowest BCUT2D eigenvalue weighted by molar-refractivity contribution is 0.0703. The molecule has 2 rings (SSSR count). The van der Waals surface area contributed by atoms with Crippen molar-refractivity contribution in [3.8, 4) is 0 Å². The van der Waals surface area contributed by atoms with Gasteiger partial charge in [-0.05, 0) is 36.6 Å². The molecule has 1 aromatic carbocycles. The number of benzene rings is 1. The first-order valence-electron chi connectivity index (χ1n) is 8.23. The van der Waals surface area contributed by atoms with Crippen LogP contribution in [0.4, 0.5) is 5.69 Å². The van der Waals surface area contributed by atoms with Crippen molar-refractivity contribution in [2.24, 2.45) is 0 Å². The number of aromatic carboxylic acids is 1. The summed E-state index contributed by atoms with van der Waals surface area (Å²) in [5.74, 6) is -1.08. The Bertz CT molecular complexity index is 907. The molecule has 9 heteroatoms. The zero-order valence-electron chi connectivity index (χ0n) is 15.7. The highest BCUT2D eigenvalue weighted by atomic mass is 35.5. The first kappa shape index (κ1) is 22.3. The van der Waals surface area contributed by atoms with Crippen molar-refractivity contribution in [1.29, 1.82) is 0 Å². The summed E-state index contributed by atoms with van der Waals surface area (Å²) >= 11 is 13.4. The maximum Gasteiger partial charge on any atom is 0.348 e. The molecule has 1 unspecified atom stereocenters. The molecule has 0 fully saturated rings. The Kier molecular flexibility index (Phi) is 6.71. The van der Waals surface area contributed by atoms with Gasteiger partial charge in [0.2, 0.25) is 0 Å². The third-order valence-electron chi connectivity index (χ3n) is 3.91. The summed E-state index contributed by atoms with van der Waals surface area (Å²) < 4.78 is 20.9. The first-order valence-corrected chi connectivity index (χ1v) is 11.4. The van der Waals surface area contributed by atoms with Crippen LogP contribution in [-0.4, -0.2) is 24.7 Å². The molecule has 2 aromatic rings. The van der Waals surface area contributed by atoms with Gasteiger partial charge in [-0.1, -0.05) is 44.0 Å². The largest absolute Gasteiger partial charge is 0.477 e. The number of carboxylic acids is 1. The van der Waals surface area contributed by atoms with E-state index in [-0.39, 0.29) is 27.2 Å². The van der Waals surface area contributed by atoms with E-state index in [0.29, 0.717) is 10.7 Å². The highest BCUT2D eigenvalue weighted by Crippen LogP contribution is 2.54. The van der Waals surface area contributed by atoms with Crippen molar-refractivity contribution in [2.45, 2.75) is 33.1 Å². The highest BCUT2D eigenvalue weighted by Gasteiger charge is 2.37. The Balaban J connectivity index is 2.67. The SMILES string of the molecule is CCOP(=O)(c1ccc(Cl)cc1Cl)N(C)c1cc(C(C)(C)C)sc1C(=O)O. The van der Waals surface area contributed by atoms with E-state index < -0.39 is 13.5 Å². The maximum absolute atomic E-state index is 13.9. The van der Waals surface area contributed by atoms with Crippen molar-refractivity contribution in [2.75, 3.05) is 18.3 Å². The van der Waals surface area contributed by atoms with Crippen molar-refractivity contribution < 1.29 is 19.0 Å². The molecular formula is C18H22Cl2NO4PS. The number of anilines is 1. The molecule has 1 heterocycles. The summed E-state index contributed by atoms with van der Waals surface area (Å²) in [4.78, 5) is 12.8. The van der Waals surface area contributed by atoms with Crippen molar-refractivity contribution in [1.82, 2.24) is 0 Å². The Morgan fingerprint density at radius 2 is 1.93 bits per heavy atom. The van der Waals surface area contributed by atoms with Crippen molar-refractivity contribution in [3.05, 3.63) is 44.1 Å². The Morgan fingerprint density at radius 1 is 1.30 bits per heavy atom. The van der Waals surface area contributed by atoms with Crippen molar-refractivity contribution >= 4 is 59.0 Å². The van der Waals surface area contributed by atoms with Gasteiger partial charge < -0.3 is 9.63 Å². The molecule has 0 saturated carbocycles. The number of rotatable bonds is 6. The van der Waals surface area contributed by atoms with Gasteiger partial charge in [0.05, 0.1) is 22.6 Å². The van der Waals surface area contributed by atoms with Crippen LogP contribution in [0.25, 0.3) is 0 Å². The van der Waals surface area contributed by atoms with E-state index in [1.165, 1.54) is 22.1 Å². The molecule has 0 bridgehead atoms. The van der Waals surface area contributed by atoms with E-state index in [4.69, 9.17) is 27.7 Å². The molecule has 148 valence electrons. The average molecular weight is 450 g/mol. The smallest absolute Gasteiger partial charge is 0.348 e. The lowest BCUT2D eigenvalue weighted by atomic mass is 9.94. The lowest BCUT2D eigenvalue weighted by Gasteiger charge is -2.30. The van der Waals surface area contributed by atoms with Crippen LogP contribution in [0, 0.1) is 0 Å². The molecule has 0 saturated heterocycles. The van der Waals surface area contributed by atoms with Gasteiger partial charge >= 0.3 is 13.5 Å². The second-order valence-corrected chi connectivity index (χ2v) is 11.2. The number of carbonyl (C=O) groups is 1. The third kappa shape index (κ3) is 4.52. The summed E-state index contributed by atoms with van der Waals surface area (Å²) in [5, 5.41) is 10.5.